The van der Waals surface area contributed by atoms with Gasteiger partial charge in [0.25, 0.3) is 0 Å². The van der Waals surface area contributed by atoms with E-state index in [9.17, 15) is 13.6 Å². The van der Waals surface area contributed by atoms with E-state index in [1.165, 1.54) is 17.4 Å². The second-order valence-electron chi connectivity index (χ2n) is 8.22. The molecule has 0 saturated carbocycles. The highest BCUT2D eigenvalue weighted by Gasteiger charge is 2.21. The molecule has 33 heavy (non-hydrogen) atoms. The first-order valence-corrected chi connectivity index (χ1v) is 11.8. The minimum absolute atomic E-state index is 0.0220. The molecule has 0 radical (unpaired) electrons. The second-order valence-corrected chi connectivity index (χ2v) is 9.23. The molecular formula is C25H24F2N4OS. The third kappa shape index (κ3) is 4.82. The first-order chi connectivity index (χ1) is 16.1. The lowest BCUT2D eigenvalue weighted by Gasteiger charge is -2.34. The van der Waals surface area contributed by atoms with E-state index in [2.05, 4.69) is 32.2 Å². The van der Waals surface area contributed by atoms with Gasteiger partial charge in [0.05, 0.1) is 11.1 Å². The van der Waals surface area contributed by atoms with Gasteiger partial charge in [0.1, 0.15) is 11.3 Å². The van der Waals surface area contributed by atoms with Crippen LogP contribution in [0.2, 0.25) is 0 Å². The van der Waals surface area contributed by atoms with Gasteiger partial charge in [0, 0.05) is 45.3 Å². The number of nitrogens with one attached hydrogen (secondary N) is 1. The maximum Gasteiger partial charge on any atom is 0.224 e. The maximum absolute atomic E-state index is 14.0. The minimum Gasteiger partial charge on any atom is -0.355 e. The number of benzene rings is 3. The predicted octanol–water partition coefficient (Wildman–Crippen LogP) is 4.21. The van der Waals surface area contributed by atoms with Crippen molar-refractivity contribution in [3.63, 3.8) is 0 Å². The monoisotopic (exact) mass is 466 g/mol. The number of thiazole rings is 1. The van der Waals surface area contributed by atoms with Crippen molar-refractivity contribution in [2.45, 2.75) is 6.42 Å². The number of anilines is 1. The van der Waals surface area contributed by atoms with Gasteiger partial charge in [-0.3, -0.25) is 9.69 Å². The summed E-state index contributed by atoms with van der Waals surface area (Å²) in [6, 6.07) is 16.3. The molecule has 1 fully saturated rings. The first kappa shape index (κ1) is 21.7. The Bertz CT molecular complexity index is 1300. The standard InChI is InChI=1S/C25H24F2N4OS/c26-19-15-21(27)24-22(16-19)33-25(29-24)31-12-10-30(11-13-31)9-8-28-23(32)14-18-6-3-5-17-4-1-2-7-20(17)18/h1-7,15-16H,8-14H2,(H,28,32). The van der Waals surface area contributed by atoms with E-state index in [0.29, 0.717) is 17.7 Å². The van der Waals surface area contributed by atoms with Crippen LogP contribution in [-0.4, -0.2) is 55.1 Å². The molecule has 1 N–H and O–H groups in total. The van der Waals surface area contributed by atoms with Crippen LogP contribution >= 0.6 is 11.3 Å². The van der Waals surface area contributed by atoms with Crippen molar-refractivity contribution in [3.05, 3.63) is 71.8 Å². The van der Waals surface area contributed by atoms with Gasteiger partial charge in [0.15, 0.2) is 10.9 Å². The number of carbonyl (C=O) groups excluding carboxylic acids is 1. The number of amides is 1. The summed E-state index contributed by atoms with van der Waals surface area (Å²) in [7, 11) is 0. The third-order valence-corrected chi connectivity index (χ3v) is 7.09. The fourth-order valence-corrected chi connectivity index (χ4v) is 5.34. The number of halogens is 2. The molecule has 4 aromatic rings. The summed E-state index contributed by atoms with van der Waals surface area (Å²) in [5.41, 5.74) is 1.26. The fraction of sp³-hybridized carbons (Fsp3) is 0.280. The Morgan fingerprint density at radius 3 is 2.67 bits per heavy atom. The van der Waals surface area contributed by atoms with E-state index < -0.39 is 11.6 Å². The molecule has 8 heteroatoms. The lowest BCUT2D eigenvalue weighted by atomic mass is 10.0. The van der Waals surface area contributed by atoms with Crippen molar-refractivity contribution >= 4 is 43.4 Å². The molecule has 1 aliphatic rings. The Morgan fingerprint density at radius 1 is 1.03 bits per heavy atom. The van der Waals surface area contributed by atoms with Gasteiger partial charge in [-0.25, -0.2) is 13.8 Å². The van der Waals surface area contributed by atoms with Gasteiger partial charge in [-0.05, 0) is 22.4 Å². The number of hydrogen-bond acceptors (Lipinski definition) is 5. The van der Waals surface area contributed by atoms with E-state index in [1.807, 2.05) is 30.3 Å². The zero-order chi connectivity index (χ0) is 22.8. The van der Waals surface area contributed by atoms with Crippen LogP contribution in [0.15, 0.2) is 54.6 Å². The average Bonchev–Trinajstić information content (AvgIpc) is 3.24. The Morgan fingerprint density at radius 2 is 1.82 bits per heavy atom. The summed E-state index contributed by atoms with van der Waals surface area (Å²) in [5, 5.41) is 6.01. The zero-order valence-corrected chi connectivity index (χ0v) is 18.9. The van der Waals surface area contributed by atoms with Gasteiger partial charge in [-0.2, -0.15) is 0 Å². The predicted molar refractivity (Wildman–Crippen MR) is 129 cm³/mol. The van der Waals surface area contributed by atoms with Crippen LogP contribution in [0.5, 0.6) is 0 Å². The summed E-state index contributed by atoms with van der Waals surface area (Å²) >= 11 is 1.32. The van der Waals surface area contributed by atoms with Crippen molar-refractivity contribution in [2.24, 2.45) is 0 Å². The first-order valence-electron chi connectivity index (χ1n) is 11.0. The number of piperazine rings is 1. The quantitative estimate of drug-likeness (QED) is 0.463. The minimum atomic E-state index is -0.620. The highest BCUT2D eigenvalue weighted by Crippen LogP contribution is 2.31. The van der Waals surface area contributed by atoms with E-state index in [1.54, 1.807) is 0 Å². The Kier molecular flexibility index (Phi) is 6.20. The largest absolute Gasteiger partial charge is 0.355 e. The summed E-state index contributed by atoms with van der Waals surface area (Å²) in [6.45, 7) is 4.53. The van der Waals surface area contributed by atoms with Crippen LogP contribution < -0.4 is 10.2 Å². The zero-order valence-electron chi connectivity index (χ0n) is 18.1. The Hall–Kier alpha value is -3.10. The SMILES string of the molecule is O=C(Cc1cccc2ccccc12)NCCN1CCN(c2nc3c(F)cc(F)cc3s2)CC1. The normalized spacial score (nSPS) is 14.8. The summed E-state index contributed by atoms with van der Waals surface area (Å²) in [4.78, 5) is 21.2. The van der Waals surface area contributed by atoms with Crippen molar-refractivity contribution in [3.8, 4) is 0 Å². The molecule has 5 nitrogen and oxygen atoms in total. The highest BCUT2D eigenvalue weighted by molar-refractivity contribution is 7.22. The van der Waals surface area contributed by atoms with Gasteiger partial charge in [-0.1, -0.05) is 53.8 Å². The van der Waals surface area contributed by atoms with Crippen molar-refractivity contribution < 1.29 is 13.6 Å². The molecule has 1 amide bonds. The lowest BCUT2D eigenvalue weighted by Crippen LogP contribution is -2.48. The van der Waals surface area contributed by atoms with E-state index in [-0.39, 0.29) is 11.4 Å². The van der Waals surface area contributed by atoms with Gasteiger partial charge >= 0.3 is 0 Å². The van der Waals surface area contributed by atoms with Crippen molar-refractivity contribution in [2.75, 3.05) is 44.2 Å². The molecule has 1 aromatic heterocycles. The maximum atomic E-state index is 14.0. The summed E-state index contributed by atoms with van der Waals surface area (Å²) < 4.78 is 27.9. The molecule has 0 unspecified atom stereocenters. The lowest BCUT2D eigenvalue weighted by molar-refractivity contribution is -0.120. The number of rotatable bonds is 6. The molecule has 0 atom stereocenters. The molecule has 170 valence electrons. The molecule has 1 saturated heterocycles. The van der Waals surface area contributed by atoms with Crippen LogP contribution in [0, 0.1) is 11.6 Å². The topological polar surface area (TPSA) is 48.5 Å². The van der Waals surface area contributed by atoms with Crippen LogP contribution in [0.1, 0.15) is 5.56 Å². The number of aromatic nitrogens is 1. The molecular weight excluding hydrogens is 442 g/mol. The molecule has 3 aromatic carbocycles. The second kappa shape index (κ2) is 9.41. The number of nitrogens with zero attached hydrogens (tertiary/aromatic N) is 3. The molecule has 1 aliphatic heterocycles. The third-order valence-electron chi connectivity index (χ3n) is 6.03. The average molecular weight is 467 g/mol. The van der Waals surface area contributed by atoms with E-state index in [4.69, 9.17) is 0 Å². The van der Waals surface area contributed by atoms with Crippen LogP contribution in [0.25, 0.3) is 21.0 Å². The van der Waals surface area contributed by atoms with Gasteiger partial charge in [0.2, 0.25) is 5.91 Å². The molecule has 2 heterocycles. The van der Waals surface area contributed by atoms with Crippen molar-refractivity contribution in [1.29, 1.82) is 0 Å². The number of carbonyl (C=O) groups is 1. The Balaban J connectivity index is 1.10. The number of hydrogen-bond donors (Lipinski definition) is 1. The smallest absolute Gasteiger partial charge is 0.224 e. The summed E-state index contributed by atoms with van der Waals surface area (Å²) in [6.07, 6.45) is 0.365. The van der Waals surface area contributed by atoms with Gasteiger partial charge in [-0.15, -0.1) is 0 Å². The number of fused-ring (bicyclic) bond motifs is 2. The highest BCUT2D eigenvalue weighted by atomic mass is 32.1. The molecule has 0 bridgehead atoms. The molecule has 5 rings (SSSR count). The van der Waals surface area contributed by atoms with E-state index in [0.717, 1.165) is 60.3 Å². The summed E-state index contributed by atoms with van der Waals surface area (Å²) in [5.74, 6) is -1.18. The molecule has 0 aliphatic carbocycles. The molecule has 0 spiro atoms. The van der Waals surface area contributed by atoms with Gasteiger partial charge < -0.3 is 10.2 Å². The fourth-order valence-electron chi connectivity index (χ4n) is 4.28. The van der Waals surface area contributed by atoms with Crippen LogP contribution in [-0.2, 0) is 11.2 Å². The van der Waals surface area contributed by atoms with Crippen molar-refractivity contribution in [1.82, 2.24) is 15.2 Å². The van der Waals surface area contributed by atoms with Crippen LogP contribution in [0.3, 0.4) is 0 Å². The van der Waals surface area contributed by atoms with E-state index >= 15 is 0 Å². The van der Waals surface area contributed by atoms with Crippen LogP contribution in [0.4, 0.5) is 13.9 Å². The Labute approximate surface area is 194 Å².